The molecule has 1 heterocycles. The van der Waals surface area contributed by atoms with Crippen molar-refractivity contribution in [2.45, 2.75) is 6.42 Å². The Hall–Kier alpha value is -1.75. The lowest BCUT2D eigenvalue weighted by atomic mass is 10.1. The highest BCUT2D eigenvalue weighted by atomic mass is 35.5. The van der Waals surface area contributed by atoms with E-state index in [0.717, 1.165) is 0 Å². The van der Waals surface area contributed by atoms with Crippen LogP contribution in [0.25, 0.3) is 0 Å². The second-order valence-corrected chi connectivity index (χ2v) is 4.71. The second-order valence-electron chi connectivity index (χ2n) is 4.30. The molecule has 96 valence electrons. The highest BCUT2D eigenvalue weighted by Crippen LogP contribution is 2.25. The van der Waals surface area contributed by atoms with Gasteiger partial charge in [-0.25, -0.2) is 0 Å². The lowest BCUT2D eigenvalue weighted by Crippen LogP contribution is -2.31. The molecule has 1 aliphatic heterocycles. The van der Waals surface area contributed by atoms with Gasteiger partial charge in [0.15, 0.2) is 0 Å². The van der Waals surface area contributed by atoms with Gasteiger partial charge in [-0.1, -0.05) is 11.6 Å². The minimum Gasteiger partial charge on any atom is -0.508 e. The average Bonchev–Trinajstić information content (AvgIpc) is 2.81. The van der Waals surface area contributed by atoms with Gasteiger partial charge in [0.2, 0.25) is 5.91 Å². The van der Waals surface area contributed by atoms with Crippen LogP contribution in [0, 0.1) is 5.92 Å². The Morgan fingerprint density at radius 3 is 2.78 bits per heavy atom. The highest BCUT2D eigenvalue weighted by molar-refractivity contribution is 6.33. The van der Waals surface area contributed by atoms with Crippen molar-refractivity contribution in [1.82, 2.24) is 4.90 Å². The zero-order chi connectivity index (χ0) is 13.3. The van der Waals surface area contributed by atoms with E-state index in [-0.39, 0.29) is 28.2 Å². The molecule has 0 spiro atoms. The van der Waals surface area contributed by atoms with Crippen molar-refractivity contribution in [2.24, 2.45) is 11.7 Å². The van der Waals surface area contributed by atoms with Crippen LogP contribution in [-0.4, -0.2) is 34.9 Å². The zero-order valence-corrected chi connectivity index (χ0v) is 10.4. The number of likely N-dealkylation sites (tertiary alicyclic amines) is 1. The van der Waals surface area contributed by atoms with Crippen molar-refractivity contribution in [3.8, 4) is 5.75 Å². The van der Waals surface area contributed by atoms with Gasteiger partial charge in [0.1, 0.15) is 5.75 Å². The van der Waals surface area contributed by atoms with Gasteiger partial charge in [-0.05, 0) is 24.6 Å². The molecule has 1 saturated heterocycles. The molecule has 1 aromatic carbocycles. The Balaban J connectivity index is 2.17. The van der Waals surface area contributed by atoms with Crippen LogP contribution in [0.1, 0.15) is 16.8 Å². The predicted molar refractivity (Wildman–Crippen MR) is 66.3 cm³/mol. The molecule has 1 aromatic rings. The number of nitrogens with zero attached hydrogens (tertiary/aromatic N) is 1. The van der Waals surface area contributed by atoms with E-state index in [0.29, 0.717) is 19.5 Å². The third kappa shape index (κ3) is 2.41. The van der Waals surface area contributed by atoms with Crippen molar-refractivity contribution >= 4 is 23.4 Å². The third-order valence-corrected chi connectivity index (χ3v) is 3.39. The van der Waals surface area contributed by atoms with Crippen molar-refractivity contribution < 1.29 is 14.7 Å². The van der Waals surface area contributed by atoms with E-state index in [9.17, 15) is 14.7 Å². The summed E-state index contributed by atoms with van der Waals surface area (Å²) in [6, 6.07) is 4.20. The van der Waals surface area contributed by atoms with Gasteiger partial charge in [0.25, 0.3) is 5.91 Å². The van der Waals surface area contributed by atoms with Crippen LogP contribution in [0.3, 0.4) is 0 Å². The first kappa shape index (κ1) is 12.7. The van der Waals surface area contributed by atoms with E-state index < -0.39 is 5.91 Å². The SMILES string of the molecule is NC(=O)C1CCN(C(=O)c2cc(O)ccc2Cl)C1. The summed E-state index contributed by atoms with van der Waals surface area (Å²) in [5.74, 6) is -1.01. The molecule has 1 fully saturated rings. The molecule has 1 unspecified atom stereocenters. The summed E-state index contributed by atoms with van der Waals surface area (Å²) >= 11 is 5.92. The number of phenols is 1. The number of phenolic OH excluding ortho intramolecular Hbond substituents is 1. The Morgan fingerprint density at radius 2 is 2.17 bits per heavy atom. The van der Waals surface area contributed by atoms with E-state index in [2.05, 4.69) is 0 Å². The van der Waals surface area contributed by atoms with Gasteiger partial charge in [-0.3, -0.25) is 9.59 Å². The number of rotatable bonds is 2. The molecule has 0 aromatic heterocycles. The van der Waals surface area contributed by atoms with Gasteiger partial charge in [-0.2, -0.15) is 0 Å². The number of carbonyl (C=O) groups excluding carboxylic acids is 2. The molecule has 1 atom stereocenters. The van der Waals surface area contributed by atoms with E-state index >= 15 is 0 Å². The molecule has 2 rings (SSSR count). The predicted octanol–water partition coefficient (Wildman–Crippen LogP) is 0.993. The number of benzene rings is 1. The molecule has 5 nitrogen and oxygen atoms in total. The Kier molecular flexibility index (Phi) is 3.43. The van der Waals surface area contributed by atoms with Gasteiger partial charge >= 0.3 is 0 Å². The number of amides is 2. The first-order chi connectivity index (χ1) is 8.49. The number of carbonyl (C=O) groups is 2. The van der Waals surface area contributed by atoms with Crippen LogP contribution in [0.4, 0.5) is 0 Å². The van der Waals surface area contributed by atoms with Crippen molar-refractivity contribution in [2.75, 3.05) is 13.1 Å². The molecule has 0 saturated carbocycles. The number of primary amides is 1. The first-order valence-corrected chi connectivity index (χ1v) is 5.94. The Bertz CT molecular complexity index is 504. The maximum atomic E-state index is 12.2. The topological polar surface area (TPSA) is 83.6 Å². The molecule has 0 bridgehead atoms. The minimum atomic E-state index is -0.396. The molecule has 0 aliphatic carbocycles. The van der Waals surface area contributed by atoms with Crippen LogP contribution >= 0.6 is 11.6 Å². The van der Waals surface area contributed by atoms with Gasteiger partial charge < -0.3 is 15.7 Å². The summed E-state index contributed by atoms with van der Waals surface area (Å²) in [5, 5.41) is 9.64. The molecule has 6 heteroatoms. The minimum absolute atomic E-state index is 0.0200. The summed E-state index contributed by atoms with van der Waals surface area (Å²) in [7, 11) is 0. The van der Waals surface area contributed by atoms with E-state index in [1.165, 1.54) is 23.1 Å². The fourth-order valence-corrected chi connectivity index (χ4v) is 2.22. The van der Waals surface area contributed by atoms with E-state index in [1.807, 2.05) is 0 Å². The van der Waals surface area contributed by atoms with Crippen LogP contribution in [0.2, 0.25) is 5.02 Å². The van der Waals surface area contributed by atoms with Gasteiger partial charge in [0, 0.05) is 13.1 Å². The van der Waals surface area contributed by atoms with Crippen LogP contribution < -0.4 is 5.73 Å². The highest BCUT2D eigenvalue weighted by Gasteiger charge is 2.30. The second kappa shape index (κ2) is 4.86. The number of aromatic hydroxyl groups is 1. The largest absolute Gasteiger partial charge is 0.508 e. The maximum absolute atomic E-state index is 12.2. The van der Waals surface area contributed by atoms with Crippen molar-refractivity contribution in [1.29, 1.82) is 0 Å². The Labute approximate surface area is 109 Å². The molecule has 3 N–H and O–H groups in total. The molecular weight excluding hydrogens is 256 g/mol. The van der Waals surface area contributed by atoms with Crippen LogP contribution in [0.15, 0.2) is 18.2 Å². The van der Waals surface area contributed by atoms with Crippen LogP contribution in [0.5, 0.6) is 5.75 Å². The summed E-state index contributed by atoms with van der Waals surface area (Å²) in [4.78, 5) is 24.7. The van der Waals surface area contributed by atoms with Gasteiger partial charge in [-0.15, -0.1) is 0 Å². The van der Waals surface area contributed by atoms with Gasteiger partial charge in [0.05, 0.1) is 16.5 Å². The van der Waals surface area contributed by atoms with Crippen molar-refractivity contribution in [3.05, 3.63) is 28.8 Å². The fourth-order valence-electron chi connectivity index (χ4n) is 2.02. The fraction of sp³-hybridized carbons (Fsp3) is 0.333. The average molecular weight is 269 g/mol. The third-order valence-electron chi connectivity index (χ3n) is 3.06. The number of halogens is 1. The van der Waals surface area contributed by atoms with E-state index in [4.69, 9.17) is 17.3 Å². The number of hydrogen-bond donors (Lipinski definition) is 2. The van der Waals surface area contributed by atoms with Crippen molar-refractivity contribution in [3.63, 3.8) is 0 Å². The number of hydrogen-bond acceptors (Lipinski definition) is 3. The quantitative estimate of drug-likeness (QED) is 0.839. The summed E-state index contributed by atoms with van der Waals surface area (Å²) < 4.78 is 0. The standard InChI is InChI=1S/C12H13ClN2O3/c13-10-2-1-8(16)5-9(10)12(18)15-4-3-7(6-15)11(14)17/h1-2,5,7,16H,3-4,6H2,(H2,14,17). The number of nitrogens with two attached hydrogens (primary N) is 1. The molecule has 18 heavy (non-hydrogen) atoms. The van der Waals surface area contributed by atoms with E-state index in [1.54, 1.807) is 0 Å². The summed E-state index contributed by atoms with van der Waals surface area (Å²) in [5.41, 5.74) is 5.45. The monoisotopic (exact) mass is 268 g/mol. The Morgan fingerprint density at radius 1 is 1.44 bits per heavy atom. The lowest BCUT2D eigenvalue weighted by molar-refractivity contribution is -0.121. The molecule has 0 radical (unpaired) electrons. The maximum Gasteiger partial charge on any atom is 0.255 e. The first-order valence-electron chi connectivity index (χ1n) is 5.56. The van der Waals surface area contributed by atoms with Crippen LogP contribution in [-0.2, 0) is 4.79 Å². The summed E-state index contributed by atoms with van der Waals surface area (Å²) in [6.45, 7) is 0.776. The zero-order valence-electron chi connectivity index (χ0n) is 9.60. The summed E-state index contributed by atoms with van der Waals surface area (Å²) in [6.07, 6.45) is 0.567. The molecular formula is C12H13ClN2O3. The normalized spacial score (nSPS) is 18.9. The lowest BCUT2D eigenvalue weighted by Gasteiger charge is -2.16. The molecule has 2 amide bonds. The molecule has 1 aliphatic rings. The smallest absolute Gasteiger partial charge is 0.255 e.